The number of aromatic nitrogens is 2. The zero-order valence-corrected chi connectivity index (χ0v) is 13.2. The Morgan fingerprint density at radius 2 is 1.35 bits per heavy atom. The molecule has 0 aliphatic rings. The van der Waals surface area contributed by atoms with E-state index in [1.807, 2.05) is 13.0 Å². The molecule has 0 spiro atoms. The highest BCUT2D eigenvalue weighted by Gasteiger charge is 2.17. The molecular formula is C18H14F2N2S. The first-order chi connectivity index (χ1) is 11.1. The van der Waals surface area contributed by atoms with Gasteiger partial charge < -0.3 is 0 Å². The van der Waals surface area contributed by atoms with Crippen molar-refractivity contribution in [2.24, 2.45) is 0 Å². The van der Waals surface area contributed by atoms with Gasteiger partial charge in [-0.15, -0.1) is 0 Å². The first kappa shape index (κ1) is 15.6. The number of hydrogen-bond donors (Lipinski definition) is 0. The Kier molecular flexibility index (Phi) is 4.67. The lowest BCUT2D eigenvalue weighted by molar-refractivity contribution is 0.626. The Bertz CT molecular complexity index is 743. The smallest absolute Gasteiger partial charge is 0.188 e. The summed E-state index contributed by atoms with van der Waals surface area (Å²) < 4.78 is 26.4. The summed E-state index contributed by atoms with van der Waals surface area (Å²) in [6.45, 7) is 1.90. The molecule has 0 N–H and O–H groups in total. The molecule has 0 aliphatic heterocycles. The van der Waals surface area contributed by atoms with Gasteiger partial charge in [0.2, 0.25) is 0 Å². The van der Waals surface area contributed by atoms with E-state index in [2.05, 4.69) is 9.97 Å². The predicted molar refractivity (Wildman–Crippen MR) is 87.3 cm³/mol. The number of thioether (sulfide) groups is 1. The second-order valence-electron chi connectivity index (χ2n) is 5.08. The second-order valence-corrected chi connectivity index (χ2v) is 6.15. The third kappa shape index (κ3) is 3.93. The van der Waals surface area contributed by atoms with Crippen LogP contribution in [-0.2, 0) is 0 Å². The molecule has 5 heteroatoms. The number of aryl methyl sites for hydroxylation is 1. The zero-order chi connectivity index (χ0) is 16.2. The molecule has 1 aromatic heterocycles. The van der Waals surface area contributed by atoms with Crippen LogP contribution in [0, 0.1) is 18.6 Å². The van der Waals surface area contributed by atoms with Crippen molar-refractivity contribution in [1.82, 2.24) is 9.97 Å². The van der Waals surface area contributed by atoms with E-state index in [9.17, 15) is 8.78 Å². The van der Waals surface area contributed by atoms with Crippen LogP contribution in [-0.4, -0.2) is 9.97 Å². The molecule has 3 aromatic rings. The van der Waals surface area contributed by atoms with Gasteiger partial charge >= 0.3 is 0 Å². The molecule has 0 bridgehead atoms. The highest BCUT2D eigenvalue weighted by molar-refractivity contribution is 7.99. The van der Waals surface area contributed by atoms with Crippen molar-refractivity contribution in [3.63, 3.8) is 0 Å². The molecule has 0 radical (unpaired) electrons. The Morgan fingerprint density at radius 1 is 0.826 bits per heavy atom. The number of benzene rings is 2. The summed E-state index contributed by atoms with van der Waals surface area (Å²) in [4.78, 5) is 8.67. The average molecular weight is 328 g/mol. The van der Waals surface area contributed by atoms with Crippen LogP contribution < -0.4 is 0 Å². The van der Waals surface area contributed by atoms with Gasteiger partial charge in [0.1, 0.15) is 11.6 Å². The molecule has 0 fully saturated rings. The van der Waals surface area contributed by atoms with Gasteiger partial charge in [-0.25, -0.2) is 18.7 Å². The zero-order valence-electron chi connectivity index (χ0n) is 12.4. The molecule has 0 saturated carbocycles. The summed E-state index contributed by atoms with van der Waals surface area (Å²) in [5.41, 5.74) is 2.70. The van der Waals surface area contributed by atoms with Gasteiger partial charge in [-0.2, -0.15) is 0 Å². The predicted octanol–water partition coefficient (Wildman–Crippen LogP) is 4.94. The van der Waals surface area contributed by atoms with Crippen LogP contribution in [0.15, 0.2) is 66.0 Å². The van der Waals surface area contributed by atoms with Crippen molar-refractivity contribution in [3.05, 3.63) is 89.2 Å². The van der Waals surface area contributed by atoms with E-state index in [-0.39, 0.29) is 16.9 Å². The fraction of sp³-hybridized carbons (Fsp3) is 0.111. The number of halogens is 2. The minimum Gasteiger partial charge on any atom is -0.231 e. The summed E-state index contributed by atoms with van der Waals surface area (Å²) in [7, 11) is 0. The minimum absolute atomic E-state index is 0.141. The van der Waals surface area contributed by atoms with Crippen LogP contribution in [0.5, 0.6) is 0 Å². The largest absolute Gasteiger partial charge is 0.231 e. The maximum absolute atomic E-state index is 13.2. The highest BCUT2D eigenvalue weighted by Crippen LogP contribution is 2.39. The summed E-state index contributed by atoms with van der Waals surface area (Å²) >= 11 is 1.45. The molecule has 2 aromatic carbocycles. The molecule has 23 heavy (non-hydrogen) atoms. The molecule has 2 nitrogen and oxygen atoms in total. The van der Waals surface area contributed by atoms with E-state index in [0.717, 1.165) is 16.8 Å². The Labute approximate surface area is 137 Å². The lowest BCUT2D eigenvalue weighted by Crippen LogP contribution is -2.00. The fourth-order valence-corrected chi connectivity index (χ4v) is 3.31. The van der Waals surface area contributed by atoms with Gasteiger partial charge in [-0.1, -0.05) is 36.0 Å². The van der Waals surface area contributed by atoms with Gasteiger partial charge in [-0.05, 0) is 48.4 Å². The average Bonchev–Trinajstić information content (AvgIpc) is 2.55. The lowest BCUT2D eigenvalue weighted by atomic mass is 10.0. The Hall–Kier alpha value is -2.27. The van der Waals surface area contributed by atoms with Crippen LogP contribution in [0.3, 0.4) is 0 Å². The topological polar surface area (TPSA) is 25.8 Å². The first-order valence-electron chi connectivity index (χ1n) is 7.09. The summed E-state index contributed by atoms with van der Waals surface area (Å²) in [5, 5.41) is 0.488. The van der Waals surface area contributed by atoms with Gasteiger partial charge in [0.05, 0.1) is 5.25 Å². The molecule has 0 saturated heterocycles. The molecule has 0 amide bonds. The van der Waals surface area contributed by atoms with Gasteiger partial charge in [-0.3, -0.25) is 0 Å². The van der Waals surface area contributed by atoms with E-state index in [0.29, 0.717) is 5.16 Å². The van der Waals surface area contributed by atoms with Crippen molar-refractivity contribution in [2.75, 3.05) is 0 Å². The van der Waals surface area contributed by atoms with Crippen molar-refractivity contribution < 1.29 is 8.78 Å². The first-order valence-corrected chi connectivity index (χ1v) is 7.97. The maximum Gasteiger partial charge on any atom is 0.188 e. The summed E-state index contributed by atoms with van der Waals surface area (Å²) in [6, 6.07) is 14.4. The maximum atomic E-state index is 13.2. The normalized spacial score (nSPS) is 11.0. The Balaban J connectivity index is 1.98. The second kappa shape index (κ2) is 6.87. The third-order valence-electron chi connectivity index (χ3n) is 3.34. The van der Waals surface area contributed by atoms with Gasteiger partial charge in [0, 0.05) is 11.9 Å². The fourth-order valence-electron chi connectivity index (χ4n) is 2.19. The standard InChI is InChI=1S/C18H14F2N2S/c1-12-10-11-21-18(22-12)23-17(13-2-6-15(19)7-3-13)14-4-8-16(20)9-5-14/h2-11,17H,1H3. The number of hydrogen-bond acceptors (Lipinski definition) is 3. The van der Waals surface area contributed by atoms with Crippen molar-refractivity contribution in [1.29, 1.82) is 0 Å². The quantitative estimate of drug-likeness (QED) is 0.501. The van der Waals surface area contributed by atoms with Gasteiger partial charge in [0.25, 0.3) is 0 Å². The number of nitrogens with zero attached hydrogens (tertiary/aromatic N) is 2. The minimum atomic E-state index is -0.289. The van der Waals surface area contributed by atoms with Crippen LogP contribution in [0.1, 0.15) is 22.1 Å². The van der Waals surface area contributed by atoms with E-state index >= 15 is 0 Å². The summed E-state index contributed by atoms with van der Waals surface area (Å²) in [6.07, 6.45) is 1.71. The van der Waals surface area contributed by atoms with Crippen molar-refractivity contribution >= 4 is 11.8 Å². The van der Waals surface area contributed by atoms with E-state index < -0.39 is 0 Å². The summed E-state index contributed by atoms with van der Waals surface area (Å²) in [5.74, 6) is -0.577. The number of rotatable bonds is 4. The SMILES string of the molecule is Cc1ccnc(SC(c2ccc(F)cc2)c2ccc(F)cc2)n1. The van der Waals surface area contributed by atoms with Gasteiger partial charge in [0.15, 0.2) is 5.16 Å². The molecule has 1 heterocycles. The third-order valence-corrected chi connectivity index (χ3v) is 4.53. The molecular weight excluding hydrogens is 314 g/mol. The van der Waals surface area contributed by atoms with Crippen LogP contribution in [0.25, 0.3) is 0 Å². The lowest BCUT2D eigenvalue weighted by Gasteiger charge is -2.17. The van der Waals surface area contributed by atoms with Crippen LogP contribution in [0.4, 0.5) is 8.78 Å². The molecule has 0 atom stereocenters. The van der Waals surface area contributed by atoms with Crippen molar-refractivity contribution in [3.8, 4) is 0 Å². The van der Waals surface area contributed by atoms with E-state index in [1.165, 1.54) is 36.0 Å². The molecule has 3 rings (SSSR count). The molecule has 0 aliphatic carbocycles. The Morgan fingerprint density at radius 3 is 1.83 bits per heavy atom. The molecule has 0 unspecified atom stereocenters. The molecule has 116 valence electrons. The monoisotopic (exact) mass is 328 g/mol. The van der Waals surface area contributed by atoms with E-state index in [1.54, 1.807) is 30.5 Å². The van der Waals surface area contributed by atoms with E-state index in [4.69, 9.17) is 0 Å². The van der Waals surface area contributed by atoms with Crippen molar-refractivity contribution in [2.45, 2.75) is 17.3 Å². The highest BCUT2D eigenvalue weighted by atomic mass is 32.2. The van der Waals surface area contributed by atoms with Crippen LogP contribution >= 0.6 is 11.8 Å². The van der Waals surface area contributed by atoms with Crippen LogP contribution in [0.2, 0.25) is 0 Å².